The van der Waals surface area contributed by atoms with Gasteiger partial charge in [-0.25, -0.2) is 4.98 Å². The minimum absolute atomic E-state index is 0.340. The molecule has 1 aromatic rings. The van der Waals surface area contributed by atoms with E-state index in [9.17, 15) is 4.79 Å². The zero-order chi connectivity index (χ0) is 15.6. The monoisotopic (exact) mass is 315 g/mol. The molecule has 1 saturated carbocycles. The quantitative estimate of drug-likeness (QED) is 0.843. The van der Waals surface area contributed by atoms with E-state index < -0.39 is 0 Å². The molecule has 0 atom stereocenters. The van der Waals surface area contributed by atoms with Gasteiger partial charge in [-0.15, -0.1) is 0 Å². The maximum Gasteiger partial charge on any atom is 0.227 e. The van der Waals surface area contributed by atoms with Crippen LogP contribution in [0, 0.1) is 5.92 Å². The minimum atomic E-state index is 0.340. The molecule has 4 rings (SSSR count). The van der Waals surface area contributed by atoms with E-state index in [1.54, 1.807) is 0 Å². The van der Waals surface area contributed by atoms with Gasteiger partial charge in [-0.3, -0.25) is 4.79 Å². The Balaban J connectivity index is 1.36. The Morgan fingerprint density at radius 2 is 1.78 bits per heavy atom. The van der Waals surface area contributed by atoms with Gasteiger partial charge in [-0.05, 0) is 37.7 Å². The smallest absolute Gasteiger partial charge is 0.227 e. The summed E-state index contributed by atoms with van der Waals surface area (Å²) >= 11 is 0. The molecule has 0 bridgehead atoms. The molecule has 0 unspecified atom stereocenters. The molecule has 23 heavy (non-hydrogen) atoms. The zero-order valence-electron chi connectivity index (χ0n) is 13.7. The number of hydrogen-bond donors (Lipinski definition) is 0. The highest BCUT2D eigenvalue weighted by atomic mass is 16.2. The molecule has 0 aromatic carbocycles. The first-order chi connectivity index (χ1) is 11.3. The van der Waals surface area contributed by atoms with Gasteiger partial charge in [0, 0.05) is 51.9 Å². The largest absolute Gasteiger partial charge is 0.353 e. The first-order valence-corrected chi connectivity index (χ1v) is 8.90. The molecule has 6 nitrogen and oxygen atoms in total. The number of carbonyl (C=O) groups is 1. The van der Waals surface area contributed by atoms with E-state index in [4.69, 9.17) is 4.98 Å². The molecule has 1 aromatic heterocycles. The summed E-state index contributed by atoms with van der Waals surface area (Å²) in [6, 6.07) is 1.99. The highest BCUT2D eigenvalue weighted by Crippen LogP contribution is 2.33. The second-order valence-corrected chi connectivity index (χ2v) is 6.92. The standard InChI is InChI=1S/C17H25N5O/c23-16(13-14-3-4-14)21-11-9-20(10-12-21)15-5-6-18-17(19-15)22-7-1-2-8-22/h5-6,14H,1-4,7-13H2. The van der Waals surface area contributed by atoms with Crippen LogP contribution in [0.25, 0.3) is 0 Å². The maximum absolute atomic E-state index is 12.2. The molecule has 3 fully saturated rings. The van der Waals surface area contributed by atoms with Crippen molar-refractivity contribution in [2.45, 2.75) is 32.1 Å². The summed E-state index contributed by atoms with van der Waals surface area (Å²) < 4.78 is 0. The van der Waals surface area contributed by atoms with Crippen LogP contribution in [0.4, 0.5) is 11.8 Å². The highest BCUT2D eigenvalue weighted by molar-refractivity contribution is 5.77. The molecule has 124 valence electrons. The van der Waals surface area contributed by atoms with E-state index in [0.29, 0.717) is 11.8 Å². The maximum atomic E-state index is 12.2. The molecule has 0 N–H and O–H groups in total. The predicted octanol–water partition coefficient (Wildman–Crippen LogP) is 1.53. The molecular formula is C17H25N5O. The van der Waals surface area contributed by atoms with Crippen molar-refractivity contribution >= 4 is 17.7 Å². The third-order valence-corrected chi connectivity index (χ3v) is 5.13. The molecule has 3 heterocycles. The summed E-state index contributed by atoms with van der Waals surface area (Å²) in [7, 11) is 0. The van der Waals surface area contributed by atoms with Gasteiger partial charge in [-0.2, -0.15) is 4.98 Å². The van der Waals surface area contributed by atoms with Crippen molar-refractivity contribution in [2.75, 3.05) is 49.1 Å². The summed E-state index contributed by atoms with van der Waals surface area (Å²) in [5, 5.41) is 0. The first kappa shape index (κ1) is 14.7. The molecule has 1 amide bonds. The molecule has 0 spiro atoms. The fourth-order valence-electron chi connectivity index (χ4n) is 3.47. The fraction of sp³-hybridized carbons (Fsp3) is 0.706. The summed E-state index contributed by atoms with van der Waals surface area (Å²) in [4.78, 5) is 27.9. The minimum Gasteiger partial charge on any atom is -0.353 e. The van der Waals surface area contributed by atoms with Crippen molar-refractivity contribution in [1.82, 2.24) is 14.9 Å². The van der Waals surface area contributed by atoms with Crippen LogP contribution in [-0.2, 0) is 4.79 Å². The molecule has 2 saturated heterocycles. The Bertz CT molecular complexity index is 560. The highest BCUT2D eigenvalue weighted by Gasteiger charge is 2.29. The van der Waals surface area contributed by atoms with Crippen molar-refractivity contribution < 1.29 is 4.79 Å². The van der Waals surface area contributed by atoms with Crippen LogP contribution in [0.2, 0.25) is 0 Å². The third kappa shape index (κ3) is 3.41. The SMILES string of the molecule is O=C(CC1CC1)N1CCN(c2ccnc(N3CCCC3)n2)CC1. The molecule has 3 aliphatic rings. The van der Waals surface area contributed by atoms with Crippen molar-refractivity contribution in [1.29, 1.82) is 0 Å². The normalized spacial score (nSPS) is 21.8. The number of anilines is 2. The van der Waals surface area contributed by atoms with Crippen LogP contribution < -0.4 is 9.80 Å². The lowest BCUT2D eigenvalue weighted by Gasteiger charge is -2.35. The van der Waals surface area contributed by atoms with E-state index >= 15 is 0 Å². The number of piperazine rings is 1. The van der Waals surface area contributed by atoms with Gasteiger partial charge in [0.25, 0.3) is 0 Å². The van der Waals surface area contributed by atoms with Gasteiger partial charge < -0.3 is 14.7 Å². The topological polar surface area (TPSA) is 52.6 Å². The molecule has 1 aliphatic carbocycles. The summed E-state index contributed by atoms with van der Waals surface area (Å²) in [5.41, 5.74) is 0. The first-order valence-electron chi connectivity index (χ1n) is 8.90. The van der Waals surface area contributed by atoms with E-state index in [-0.39, 0.29) is 0 Å². The number of amides is 1. The van der Waals surface area contributed by atoms with Crippen molar-refractivity contribution in [2.24, 2.45) is 5.92 Å². The van der Waals surface area contributed by atoms with Crippen molar-refractivity contribution in [3.05, 3.63) is 12.3 Å². The van der Waals surface area contributed by atoms with E-state index in [0.717, 1.165) is 57.5 Å². The lowest BCUT2D eigenvalue weighted by Crippen LogP contribution is -2.49. The van der Waals surface area contributed by atoms with Gasteiger partial charge in [0.2, 0.25) is 11.9 Å². The number of rotatable bonds is 4. The van der Waals surface area contributed by atoms with Crippen molar-refractivity contribution in [3.8, 4) is 0 Å². The summed E-state index contributed by atoms with van der Waals surface area (Å²) in [6.07, 6.45) is 7.57. The van der Waals surface area contributed by atoms with Gasteiger partial charge in [0.1, 0.15) is 5.82 Å². The van der Waals surface area contributed by atoms with Gasteiger partial charge in [0.15, 0.2) is 0 Å². The van der Waals surface area contributed by atoms with E-state index in [1.165, 1.54) is 25.7 Å². The Labute approximate surface area is 137 Å². The van der Waals surface area contributed by atoms with Crippen LogP contribution >= 0.6 is 0 Å². The van der Waals surface area contributed by atoms with Crippen molar-refractivity contribution in [3.63, 3.8) is 0 Å². The van der Waals surface area contributed by atoms with Crippen LogP contribution in [0.15, 0.2) is 12.3 Å². The van der Waals surface area contributed by atoms with Gasteiger partial charge >= 0.3 is 0 Å². The number of aromatic nitrogens is 2. The van der Waals surface area contributed by atoms with E-state index in [2.05, 4.69) is 14.8 Å². The van der Waals surface area contributed by atoms with Gasteiger partial charge in [-0.1, -0.05) is 0 Å². The summed E-state index contributed by atoms with van der Waals surface area (Å²) in [6.45, 7) is 5.49. The van der Waals surface area contributed by atoms with Crippen LogP contribution in [0.3, 0.4) is 0 Å². The van der Waals surface area contributed by atoms with Crippen LogP contribution in [0.5, 0.6) is 0 Å². The Kier molecular flexibility index (Phi) is 4.06. The third-order valence-electron chi connectivity index (χ3n) is 5.13. The van der Waals surface area contributed by atoms with Gasteiger partial charge in [0.05, 0.1) is 0 Å². The number of hydrogen-bond acceptors (Lipinski definition) is 5. The Morgan fingerprint density at radius 1 is 1.04 bits per heavy atom. The van der Waals surface area contributed by atoms with E-state index in [1.807, 2.05) is 17.2 Å². The predicted molar refractivity (Wildman–Crippen MR) is 89.6 cm³/mol. The number of nitrogens with zero attached hydrogens (tertiary/aromatic N) is 5. The molecule has 0 radical (unpaired) electrons. The molecule has 2 aliphatic heterocycles. The summed E-state index contributed by atoms with van der Waals surface area (Å²) in [5.74, 6) is 2.86. The lowest BCUT2D eigenvalue weighted by atomic mass is 10.2. The Hall–Kier alpha value is -1.85. The fourth-order valence-corrected chi connectivity index (χ4v) is 3.47. The second-order valence-electron chi connectivity index (χ2n) is 6.92. The van der Waals surface area contributed by atoms with Crippen LogP contribution in [-0.4, -0.2) is 60.0 Å². The Morgan fingerprint density at radius 3 is 2.48 bits per heavy atom. The second kappa shape index (κ2) is 6.34. The average Bonchev–Trinajstić information content (AvgIpc) is 3.24. The zero-order valence-corrected chi connectivity index (χ0v) is 13.7. The average molecular weight is 315 g/mol. The van der Waals surface area contributed by atoms with Crippen LogP contribution in [0.1, 0.15) is 32.1 Å². The molecule has 6 heteroatoms. The number of carbonyl (C=O) groups excluding carboxylic acids is 1. The molecular weight excluding hydrogens is 290 g/mol. The lowest BCUT2D eigenvalue weighted by molar-refractivity contribution is -0.131.